The van der Waals surface area contributed by atoms with Crippen molar-refractivity contribution < 1.29 is 57.7 Å². The van der Waals surface area contributed by atoms with Crippen molar-refractivity contribution in [2.75, 3.05) is 23.9 Å². The van der Waals surface area contributed by atoms with Crippen LogP contribution in [0.1, 0.15) is 66.0 Å². The molecule has 2 aliphatic rings. The summed E-state index contributed by atoms with van der Waals surface area (Å²) < 4.78 is 24.6. The lowest BCUT2D eigenvalue weighted by Crippen LogP contribution is -2.71. The molecule has 4 heterocycles. The van der Waals surface area contributed by atoms with Crippen LogP contribution < -0.4 is 25.7 Å². The van der Waals surface area contributed by atoms with E-state index in [1.807, 2.05) is 91.0 Å². The van der Waals surface area contributed by atoms with Crippen molar-refractivity contribution >= 4 is 105 Å². The summed E-state index contributed by atoms with van der Waals surface area (Å²) >= 11 is 5.16. The third-order valence-electron chi connectivity index (χ3n) is 12.4. The van der Waals surface area contributed by atoms with E-state index in [1.54, 1.807) is 62.5 Å². The number of nitrogens with zero attached hydrogens (tertiary/aromatic N) is 3. The van der Waals surface area contributed by atoms with Gasteiger partial charge in [0.15, 0.2) is 16.4 Å². The fourth-order valence-corrected chi connectivity index (χ4v) is 13.7. The second-order valence-electron chi connectivity index (χ2n) is 19.1. The number of hydrogen-bond donors (Lipinski definition) is 4. The second kappa shape index (κ2) is 25.7. The van der Waals surface area contributed by atoms with Gasteiger partial charge in [-0.15, -0.1) is 34.9 Å². The van der Waals surface area contributed by atoms with Crippen LogP contribution in [0.25, 0.3) is 0 Å². The molecule has 1 saturated heterocycles. The summed E-state index contributed by atoms with van der Waals surface area (Å²) in [6, 6.07) is 41.3. The molecule has 422 valence electrons. The average Bonchev–Trinajstić information content (AvgIpc) is 1.94. The fraction of sp³-hybridized carbons (Fsp3) is 0.224. The topological polar surface area (TPSA) is 254 Å². The third kappa shape index (κ3) is 13.4. The Balaban J connectivity index is 1.06. The lowest BCUT2D eigenvalue weighted by molar-refractivity contribution is -0.162. The predicted molar refractivity (Wildman–Crippen MR) is 313 cm³/mol. The molecule has 24 heteroatoms. The number of benzene rings is 5. The molecule has 1 fully saturated rings. The Hall–Kier alpha value is -8.16. The molecule has 7 aromatic rings. The number of H-pyrrole nitrogens is 1. The SMILES string of the molecule is COc1ccc(COC(=O)C2=C(CSc3s[nH]c(=O)c3C(=O)O)CSC3C(NC(=O)/C(=N\OC(Sc4ccc(OC(C)=O)cc4)C(=O)OC(C)(C)C)c4csc(NC(c5ccccc5)(c5ccccc5)c5ccccc5)n4)C(=O)N23)cc1. The minimum absolute atomic E-state index is 0.00137. The number of carboxylic acid groups (broad SMARTS) is 1. The normalized spacial score (nSPS) is 15.5. The zero-order valence-electron chi connectivity index (χ0n) is 44.4. The van der Waals surface area contributed by atoms with Gasteiger partial charge < -0.3 is 39.5 Å². The van der Waals surface area contributed by atoms with Crippen LogP contribution in [-0.2, 0) is 50.4 Å². The number of carbonyl (C=O) groups is 6. The molecule has 19 nitrogen and oxygen atoms in total. The maximum absolute atomic E-state index is 15.0. The summed E-state index contributed by atoms with van der Waals surface area (Å²) in [7, 11) is 1.52. The molecule has 4 N–H and O–H groups in total. The van der Waals surface area contributed by atoms with Crippen molar-refractivity contribution in [1.29, 1.82) is 0 Å². The number of fused-ring (bicyclic) bond motifs is 1. The van der Waals surface area contributed by atoms with Crippen LogP contribution in [0.5, 0.6) is 11.5 Å². The first-order valence-electron chi connectivity index (χ1n) is 25.1. The van der Waals surface area contributed by atoms with Crippen molar-refractivity contribution in [1.82, 2.24) is 19.6 Å². The largest absolute Gasteiger partial charge is 0.497 e. The van der Waals surface area contributed by atoms with Crippen LogP contribution in [-0.4, -0.2) is 102 Å². The molecule has 2 amide bonds. The molecule has 2 aromatic heterocycles. The summed E-state index contributed by atoms with van der Waals surface area (Å²) in [5.74, 6) is -4.25. The van der Waals surface area contributed by atoms with Crippen LogP contribution in [0.3, 0.4) is 0 Å². The van der Waals surface area contributed by atoms with Crippen molar-refractivity contribution in [3.8, 4) is 11.5 Å². The maximum atomic E-state index is 15.0. The number of nitrogens with one attached hydrogen (secondary N) is 3. The fourth-order valence-electron chi connectivity index (χ4n) is 8.68. The highest BCUT2D eigenvalue weighted by molar-refractivity contribution is 8.02. The van der Waals surface area contributed by atoms with E-state index in [2.05, 4.69) is 20.2 Å². The number of methoxy groups -OCH3 is 1. The molecule has 9 rings (SSSR count). The molecule has 3 unspecified atom stereocenters. The van der Waals surface area contributed by atoms with Gasteiger partial charge in [0, 0.05) is 28.7 Å². The maximum Gasteiger partial charge on any atom is 0.361 e. The summed E-state index contributed by atoms with van der Waals surface area (Å²) in [4.78, 5) is 107. The minimum Gasteiger partial charge on any atom is -0.497 e. The van der Waals surface area contributed by atoms with Crippen molar-refractivity contribution in [2.45, 2.75) is 71.4 Å². The number of carbonyl (C=O) groups excluding carboxylic acids is 5. The molecular formula is C58H52N6O13S5. The van der Waals surface area contributed by atoms with Crippen molar-refractivity contribution in [2.24, 2.45) is 5.16 Å². The monoisotopic (exact) mass is 1200 g/mol. The molecular weight excluding hydrogens is 1150 g/mol. The van der Waals surface area contributed by atoms with E-state index in [1.165, 1.54) is 54.2 Å². The van der Waals surface area contributed by atoms with Gasteiger partial charge in [0.1, 0.15) is 52.1 Å². The van der Waals surface area contributed by atoms with Gasteiger partial charge in [-0.3, -0.25) is 28.5 Å². The smallest absolute Gasteiger partial charge is 0.361 e. The molecule has 0 spiro atoms. The molecule has 0 radical (unpaired) electrons. The van der Waals surface area contributed by atoms with Gasteiger partial charge in [-0.25, -0.2) is 19.4 Å². The minimum atomic E-state index is -1.53. The Morgan fingerprint density at radius 1 is 0.854 bits per heavy atom. The Bertz CT molecular complexity index is 3510. The Kier molecular flexibility index (Phi) is 18.4. The summed E-state index contributed by atoms with van der Waals surface area (Å²) in [5.41, 5.74) is -1.59. The number of amides is 2. The Morgan fingerprint density at radius 3 is 2.04 bits per heavy atom. The van der Waals surface area contributed by atoms with Gasteiger partial charge in [0.25, 0.3) is 22.8 Å². The number of aromatic amines is 1. The van der Waals surface area contributed by atoms with Gasteiger partial charge in [0.2, 0.25) is 0 Å². The number of ether oxygens (including phenoxy) is 4. The first-order chi connectivity index (χ1) is 39.4. The van der Waals surface area contributed by atoms with E-state index in [-0.39, 0.29) is 39.5 Å². The van der Waals surface area contributed by atoms with Crippen LogP contribution in [0, 0.1) is 0 Å². The summed E-state index contributed by atoms with van der Waals surface area (Å²) in [5, 5.41) is 21.7. The molecule has 0 bridgehead atoms. The molecule has 5 aromatic carbocycles. The van der Waals surface area contributed by atoms with E-state index in [9.17, 15) is 33.9 Å². The summed E-state index contributed by atoms with van der Waals surface area (Å²) in [6.07, 6.45) is 0. The average molecular weight is 1200 g/mol. The van der Waals surface area contributed by atoms with Crippen LogP contribution in [0.15, 0.2) is 175 Å². The van der Waals surface area contributed by atoms with Gasteiger partial charge in [0.05, 0.1) is 11.3 Å². The number of esters is 3. The van der Waals surface area contributed by atoms with Crippen molar-refractivity contribution in [3.63, 3.8) is 0 Å². The number of carboxylic acids is 1. The lowest BCUT2D eigenvalue weighted by atomic mass is 9.77. The van der Waals surface area contributed by atoms with E-state index >= 15 is 4.79 Å². The zero-order valence-corrected chi connectivity index (χ0v) is 48.5. The molecule has 0 saturated carbocycles. The second-order valence-corrected chi connectivity index (χ2v) is 24.3. The number of β-lactam (4-membered cyclic amide) rings is 1. The number of aromatic nitrogens is 2. The van der Waals surface area contributed by atoms with Crippen molar-refractivity contribution in [3.05, 3.63) is 200 Å². The highest BCUT2D eigenvalue weighted by atomic mass is 32.2. The number of aromatic carboxylic acids is 1. The highest BCUT2D eigenvalue weighted by Crippen LogP contribution is 2.44. The molecule has 2 aliphatic heterocycles. The predicted octanol–water partition coefficient (Wildman–Crippen LogP) is 9.30. The Morgan fingerprint density at radius 2 is 1.46 bits per heavy atom. The van der Waals surface area contributed by atoms with E-state index in [0.29, 0.717) is 26.9 Å². The third-order valence-corrected chi connectivity index (χ3v) is 17.7. The van der Waals surface area contributed by atoms with Gasteiger partial charge in [-0.05, 0) is 85.0 Å². The van der Waals surface area contributed by atoms with Crippen LogP contribution in [0.2, 0.25) is 0 Å². The van der Waals surface area contributed by atoms with Crippen LogP contribution >= 0.6 is 58.2 Å². The highest BCUT2D eigenvalue weighted by Gasteiger charge is 2.55. The first-order valence-corrected chi connectivity index (χ1v) is 29.7. The number of oxime groups is 1. The van der Waals surface area contributed by atoms with Crippen LogP contribution in [0.4, 0.5) is 5.13 Å². The number of thioether (sulfide) groups is 3. The Labute approximate surface area is 491 Å². The van der Waals surface area contributed by atoms with E-state index in [0.717, 1.165) is 51.7 Å². The zero-order chi connectivity index (χ0) is 58.1. The number of hydrogen-bond acceptors (Lipinski definition) is 20. The molecule has 0 aliphatic carbocycles. The lowest BCUT2D eigenvalue weighted by Gasteiger charge is -2.49. The molecule has 3 atom stereocenters. The van der Waals surface area contributed by atoms with Gasteiger partial charge >= 0.3 is 23.9 Å². The number of thiazole rings is 1. The quantitative estimate of drug-likeness (QED) is 0.00720. The van der Waals surface area contributed by atoms with E-state index < -0.39 is 80.5 Å². The number of rotatable bonds is 22. The van der Waals surface area contributed by atoms with E-state index in [4.69, 9.17) is 28.8 Å². The molecule has 82 heavy (non-hydrogen) atoms. The van der Waals surface area contributed by atoms with Gasteiger partial charge in [-0.1, -0.05) is 132 Å². The van der Waals surface area contributed by atoms with Gasteiger partial charge in [-0.2, -0.15) is 0 Å². The number of anilines is 1. The summed E-state index contributed by atoms with van der Waals surface area (Å²) in [6.45, 7) is 6.13. The first kappa shape index (κ1) is 58.5. The standard InChI is InChI=1S/C58H52N6O13S5/c1-33(65)75-40-25-27-41(28-26-40)81-54(53(72)76-57(2,3)4)77-62-44(42-32-80-56(59-42)61-58(36-15-9-6-10-16-36,37-17-11-7-12-18-37)38-19-13-8-14-20-38)48(67)60-45-49(68)64-46(52(71)74-29-34-21-23-39(73-5)24-22-34)35(30-78-50(45)64)31-79-55-43(51(69)70)47(66)63-82-55/h6-28,32,45,50,54H,29-31H2,1-5H3,(H,59,61)(H,60,67)(H,63,66)(H,69,70)/b62-44-.